The molecule has 2 rings (SSSR count). The molecule has 9 heteroatoms. The first-order valence-corrected chi connectivity index (χ1v) is 8.23. The molecule has 1 N–H and O–H groups in total. The van der Waals surface area contributed by atoms with Crippen LogP contribution in [-0.2, 0) is 14.3 Å². The van der Waals surface area contributed by atoms with Gasteiger partial charge in [-0.25, -0.2) is 4.39 Å². The number of carbonyl (C=O) groups excluding carboxylic acids is 2. The van der Waals surface area contributed by atoms with Crippen LogP contribution in [0.4, 0.5) is 4.39 Å². The van der Waals surface area contributed by atoms with Crippen molar-refractivity contribution in [3.63, 3.8) is 0 Å². The van der Waals surface area contributed by atoms with Crippen LogP contribution in [0.2, 0.25) is 0 Å². The molecule has 0 aromatic heterocycles. The number of piperazine rings is 1. The monoisotopic (exact) mass is 389 g/mol. The maximum absolute atomic E-state index is 12.8. The Balaban J connectivity index is 0.00000338. The van der Waals surface area contributed by atoms with Crippen LogP contribution in [0.5, 0.6) is 5.75 Å². The van der Waals surface area contributed by atoms with Gasteiger partial charge in [0.1, 0.15) is 11.6 Å². The lowest BCUT2D eigenvalue weighted by molar-refractivity contribution is -0.140. The Morgan fingerprint density at radius 2 is 1.65 bits per heavy atom. The first-order valence-electron chi connectivity index (χ1n) is 8.23. The lowest BCUT2D eigenvalue weighted by Crippen LogP contribution is -2.53. The molecule has 0 saturated carbocycles. The molecular formula is C17H25ClFN3O4. The molecule has 7 nitrogen and oxygen atoms in total. The third-order valence-electron chi connectivity index (χ3n) is 3.92. The molecule has 2 amide bonds. The van der Waals surface area contributed by atoms with Crippen molar-refractivity contribution in [2.75, 3.05) is 59.6 Å². The average molecular weight is 390 g/mol. The number of methoxy groups -OCH3 is 1. The summed E-state index contributed by atoms with van der Waals surface area (Å²) in [5.41, 5.74) is 0. The van der Waals surface area contributed by atoms with E-state index in [0.717, 1.165) is 0 Å². The highest BCUT2D eigenvalue weighted by atomic mass is 35.5. The summed E-state index contributed by atoms with van der Waals surface area (Å²) in [6.07, 6.45) is 0. The van der Waals surface area contributed by atoms with E-state index in [2.05, 4.69) is 5.32 Å². The van der Waals surface area contributed by atoms with Gasteiger partial charge in [-0.15, -0.1) is 12.4 Å². The van der Waals surface area contributed by atoms with Crippen molar-refractivity contribution in [3.8, 4) is 5.75 Å². The highest BCUT2D eigenvalue weighted by molar-refractivity contribution is 5.85. The van der Waals surface area contributed by atoms with E-state index in [1.54, 1.807) is 16.9 Å². The summed E-state index contributed by atoms with van der Waals surface area (Å²) in [6.45, 7) is 3.33. The van der Waals surface area contributed by atoms with Gasteiger partial charge < -0.3 is 24.6 Å². The summed E-state index contributed by atoms with van der Waals surface area (Å²) in [7, 11) is 1.61. The standard InChI is InChI=1S/C17H24FN3O4.ClH/c1-24-11-6-19-12-16(22)20-7-9-21(10-8-20)17(23)13-25-15-4-2-14(18)3-5-15;/h2-5,19H,6-13H2,1H3;1H. The molecule has 0 radical (unpaired) electrons. The highest BCUT2D eigenvalue weighted by Crippen LogP contribution is 2.11. The Hall–Kier alpha value is -1.90. The molecule has 1 heterocycles. The zero-order valence-electron chi connectivity index (χ0n) is 14.8. The zero-order valence-corrected chi connectivity index (χ0v) is 15.6. The number of hydrogen-bond acceptors (Lipinski definition) is 5. The zero-order chi connectivity index (χ0) is 18.1. The van der Waals surface area contributed by atoms with Crippen LogP contribution in [0.1, 0.15) is 0 Å². The van der Waals surface area contributed by atoms with Crippen LogP contribution < -0.4 is 10.1 Å². The SMILES string of the molecule is COCCNCC(=O)N1CCN(C(=O)COc2ccc(F)cc2)CC1.Cl. The average Bonchev–Trinajstić information content (AvgIpc) is 2.64. The second-order valence-electron chi connectivity index (χ2n) is 5.67. The number of rotatable bonds is 8. The Labute approximate surface area is 158 Å². The van der Waals surface area contributed by atoms with Gasteiger partial charge in [0.15, 0.2) is 6.61 Å². The predicted molar refractivity (Wildman–Crippen MR) is 97.0 cm³/mol. The van der Waals surface area contributed by atoms with Crippen LogP contribution in [0, 0.1) is 5.82 Å². The van der Waals surface area contributed by atoms with Crippen LogP contribution in [0.3, 0.4) is 0 Å². The van der Waals surface area contributed by atoms with E-state index >= 15 is 0 Å². The summed E-state index contributed by atoms with van der Waals surface area (Å²) in [5.74, 6) is -0.0257. The number of ether oxygens (including phenoxy) is 2. The number of amides is 2. The molecule has 1 aromatic rings. The van der Waals surface area contributed by atoms with Gasteiger partial charge in [-0.05, 0) is 24.3 Å². The maximum atomic E-state index is 12.8. The number of nitrogens with zero attached hydrogens (tertiary/aromatic N) is 2. The number of benzene rings is 1. The molecular weight excluding hydrogens is 365 g/mol. The third-order valence-corrected chi connectivity index (χ3v) is 3.92. The van der Waals surface area contributed by atoms with Gasteiger partial charge in [0.2, 0.25) is 5.91 Å². The van der Waals surface area contributed by atoms with Crippen molar-refractivity contribution in [1.29, 1.82) is 0 Å². The fourth-order valence-corrected chi connectivity index (χ4v) is 2.45. The number of halogens is 2. The van der Waals surface area contributed by atoms with Crippen LogP contribution >= 0.6 is 12.4 Å². The van der Waals surface area contributed by atoms with E-state index in [1.807, 2.05) is 0 Å². The van der Waals surface area contributed by atoms with Crippen LogP contribution in [0.25, 0.3) is 0 Å². The molecule has 1 saturated heterocycles. The van der Waals surface area contributed by atoms with Gasteiger partial charge >= 0.3 is 0 Å². The summed E-state index contributed by atoms with van der Waals surface area (Å²) < 4.78 is 23.1. The minimum Gasteiger partial charge on any atom is -0.484 e. The summed E-state index contributed by atoms with van der Waals surface area (Å²) in [5, 5.41) is 3.02. The lowest BCUT2D eigenvalue weighted by atomic mass is 10.3. The van der Waals surface area contributed by atoms with Gasteiger partial charge in [-0.3, -0.25) is 9.59 Å². The Morgan fingerprint density at radius 3 is 2.23 bits per heavy atom. The molecule has 146 valence electrons. The normalized spacial score (nSPS) is 13.9. The summed E-state index contributed by atoms with van der Waals surface area (Å²) in [4.78, 5) is 27.6. The number of hydrogen-bond donors (Lipinski definition) is 1. The maximum Gasteiger partial charge on any atom is 0.260 e. The van der Waals surface area contributed by atoms with Crippen molar-refractivity contribution in [1.82, 2.24) is 15.1 Å². The highest BCUT2D eigenvalue weighted by Gasteiger charge is 2.24. The van der Waals surface area contributed by atoms with Crippen LogP contribution in [0.15, 0.2) is 24.3 Å². The van der Waals surface area contributed by atoms with Gasteiger partial charge in [0.25, 0.3) is 5.91 Å². The van der Waals surface area contributed by atoms with E-state index in [9.17, 15) is 14.0 Å². The molecule has 0 bridgehead atoms. The fraction of sp³-hybridized carbons (Fsp3) is 0.529. The van der Waals surface area contributed by atoms with Crippen molar-refractivity contribution in [2.24, 2.45) is 0 Å². The van der Waals surface area contributed by atoms with Crippen molar-refractivity contribution in [2.45, 2.75) is 0 Å². The second kappa shape index (κ2) is 11.7. The molecule has 0 atom stereocenters. The first-order chi connectivity index (χ1) is 12.1. The van der Waals surface area contributed by atoms with Gasteiger partial charge in [0.05, 0.1) is 13.2 Å². The van der Waals surface area contributed by atoms with Crippen molar-refractivity contribution < 1.29 is 23.5 Å². The topological polar surface area (TPSA) is 71.1 Å². The van der Waals surface area contributed by atoms with E-state index in [4.69, 9.17) is 9.47 Å². The molecule has 1 aromatic carbocycles. The molecule has 0 spiro atoms. The summed E-state index contributed by atoms with van der Waals surface area (Å²) in [6, 6.07) is 5.53. The smallest absolute Gasteiger partial charge is 0.260 e. The summed E-state index contributed by atoms with van der Waals surface area (Å²) >= 11 is 0. The van der Waals surface area contributed by atoms with Gasteiger partial charge in [-0.1, -0.05) is 0 Å². The molecule has 0 aliphatic carbocycles. The van der Waals surface area contributed by atoms with Crippen LogP contribution in [-0.4, -0.2) is 81.2 Å². The second-order valence-corrected chi connectivity index (χ2v) is 5.67. The van der Waals surface area contributed by atoms with E-state index < -0.39 is 0 Å². The lowest BCUT2D eigenvalue weighted by Gasteiger charge is -2.34. The Morgan fingerprint density at radius 1 is 1.08 bits per heavy atom. The molecule has 0 unspecified atom stereocenters. The quantitative estimate of drug-likeness (QED) is 0.657. The first kappa shape index (κ1) is 22.1. The van der Waals surface area contributed by atoms with E-state index in [-0.39, 0.29) is 43.2 Å². The Bertz CT molecular complexity index is 566. The fourth-order valence-electron chi connectivity index (χ4n) is 2.45. The molecule has 1 aliphatic rings. The van der Waals surface area contributed by atoms with Gasteiger partial charge in [0, 0.05) is 39.8 Å². The largest absolute Gasteiger partial charge is 0.484 e. The van der Waals surface area contributed by atoms with E-state index in [1.165, 1.54) is 24.3 Å². The Kier molecular flexibility index (Phi) is 9.93. The predicted octanol–water partition coefficient (Wildman–Crippen LogP) is 0.533. The van der Waals surface area contributed by atoms with Gasteiger partial charge in [-0.2, -0.15) is 0 Å². The van der Waals surface area contributed by atoms with Crippen molar-refractivity contribution in [3.05, 3.63) is 30.1 Å². The molecule has 26 heavy (non-hydrogen) atoms. The molecule has 1 aliphatic heterocycles. The number of nitrogens with one attached hydrogen (secondary N) is 1. The molecule has 1 fully saturated rings. The van der Waals surface area contributed by atoms with E-state index in [0.29, 0.717) is 45.1 Å². The minimum absolute atomic E-state index is 0. The van der Waals surface area contributed by atoms with Crippen molar-refractivity contribution >= 4 is 24.2 Å². The minimum atomic E-state index is -0.351. The number of carbonyl (C=O) groups is 2. The third kappa shape index (κ3) is 7.15.